The van der Waals surface area contributed by atoms with Gasteiger partial charge in [0.05, 0.1) is 22.9 Å². The highest BCUT2D eigenvalue weighted by atomic mass is 19.4. The second kappa shape index (κ2) is 10.7. The number of carbonyl (C=O) groups is 1. The first-order chi connectivity index (χ1) is 18.5. The zero-order valence-corrected chi connectivity index (χ0v) is 21.0. The first kappa shape index (κ1) is 27.2. The summed E-state index contributed by atoms with van der Waals surface area (Å²) in [6, 6.07) is 8.39. The van der Waals surface area contributed by atoms with Crippen LogP contribution in [0.4, 0.5) is 31.1 Å². The Balaban J connectivity index is 1.43. The van der Waals surface area contributed by atoms with E-state index in [-0.39, 0.29) is 30.4 Å². The molecule has 0 aliphatic carbocycles. The summed E-state index contributed by atoms with van der Waals surface area (Å²) in [5.74, 6) is 0.241. The number of fused-ring (bicyclic) bond motifs is 1. The lowest BCUT2D eigenvalue weighted by atomic mass is 9.93. The number of aromatic nitrogens is 1. The summed E-state index contributed by atoms with van der Waals surface area (Å²) in [4.78, 5) is 22.2. The molecule has 2 aliphatic rings. The van der Waals surface area contributed by atoms with Gasteiger partial charge in [-0.05, 0) is 80.1 Å². The predicted molar refractivity (Wildman–Crippen MR) is 136 cm³/mol. The van der Waals surface area contributed by atoms with Crippen LogP contribution >= 0.6 is 0 Å². The highest BCUT2D eigenvalue weighted by Gasteiger charge is 2.38. The second-order valence-electron chi connectivity index (χ2n) is 10.2. The maximum atomic E-state index is 13.4. The highest BCUT2D eigenvalue weighted by Crippen LogP contribution is 2.37. The number of aliphatic imine (C=N–C) groups is 1. The smallest absolute Gasteiger partial charge is 0.361 e. The summed E-state index contributed by atoms with van der Waals surface area (Å²) in [6.07, 6.45) is -5.80. The molecule has 1 fully saturated rings. The van der Waals surface area contributed by atoms with Crippen LogP contribution in [0.5, 0.6) is 0 Å². The fraction of sp³-hybridized carbons (Fsp3) is 0.429. The van der Waals surface area contributed by atoms with Gasteiger partial charge in [-0.1, -0.05) is 18.2 Å². The number of para-hydroxylation sites is 1. The Morgan fingerprint density at radius 3 is 2.28 bits per heavy atom. The van der Waals surface area contributed by atoms with Crippen molar-refractivity contribution in [3.8, 4) is 0 Å². The minimum absolute atomic E-state index is 0.0689. The van der Waals surface area contributed by atoms with Crippen LogP contribution in [0.1, 0.15) is 41.5 Å². The average molecular weight is 551 g/mol. The molecule has 1 saturated heterocycles. The van der Waals surface area contributed by atoms with E-state index in [1.54, 1.807) is 4.90 Å². The van der Waals surface area contributed by atoms with Gasteiger partial charge >= 0.3 is 18.4 Å². The van der Waals surface area contributed by atoms with Gasteiger partial charge in [-0.25, -0.2) is 9.79 Å². The molecular weight excluding hydrogens is 522 g/mol. The molecule has 5 rings (SSSR count). The first-order valence-corrected chi connectivity index (χ1v) is 12.9. The van der Waals surface area contributed by atoms with Gasteiger partial charge in [-0.15, -0.1) is 0 Å². The number of aryl methyl sites for hydroxylation is 1. The average Bonchev–Trinajstić information content (AvgIpc) is 3.42. The van der Waals surface area contributed by atoms with E-state index in [1.807, 2.05) is 30.5 Å². The van der Waals surface area contributed by atoms with Crippen LogP contribution < -0.4 is 5.32 Å². The molecule has 11 heteroatoms. The van der Waals surface area contributed by atoms with Crippen molar-refractivity contribution in [2.75, 3.05) is 19.6 Å². The molecule has 1 unspecified atom stereocenters. The van der Waals surface area contributed by atoms with Crippen LogP contribution in [-0.2, 0) is 25.2 Å². The fourth-order valence-electron chi connectivity index (χ4n) is 5.54. The summed E-state index contributed by atoms with van der Waals surface area (Å²) in [7, 11) is 0. The number of alkyl halides is 6. The normalized spacial score (nSPS) is 19.2. The Morgan fingerprint density at radius 2 is 1.62 bits per heavy atom. The van der Waals surface area contributed by atoms with Crippen molar-refractivity contribution in [3.05, 3.63) is 70.9 Å². The van der Waals surface area contributed by atoms with E-state index < -0.39 is 35.6 Å². The molecule has 2 aromatic carbocycles. The molecule has 208 valence electrons. The van der Waals surface area contributed by atoms with Crippen molar-refractivity contribution in [2.45, 2.75) is 50.5 Å². The van der Waals surface area contributed by atoms with Crippen molar-refractivity contribution in [3.63, 3.8) is 0 Å². The summed E-state index contributed by atoms with van der Waals surface area (Å²) < 4.78 is 80.4. The Hall–Kier alpha value is -3.34. The van der Waals surface area contributed by atoms with Crippen molar-refractivity contribution in [1.82, 2.24) is 15.2 Å². The van der Waals surface area contributed by atoms with Crippen LogP contribution in [0.15, 0.2) is 53.7 Å². The monoisotopic (exact) mass is 550 g/mol. The molecule has 0 bridgehead atoms. The maximum Gasteiger partial charge on any atom is 0.416 e. The van der Waals surface area contributed by atoms with Crippen LogP contribution in [0.2, 0.25) is 0 Å². The van der Waals surface area contributed by atoms with Gasteiger partial charge in [-0.3, -0.25) is 0 Å². The van der Waals surface area contributed by atoms with Crippen LogP contribution in [0, 0.1) is 5.92 Å². The van der Waals surface area contributed by atoms with Gasteiger partial charge in [0.2, 0.25) is 0 Å². The maximum absolute atomic E-state index is 13.4. The molecule has 2 aliphatic heterocycles. The molecule has 0 spiro atoms. The number of rotatable bonds is 7. The molecule has 2 amide bonds. The summed E-state index contributed by atoms with van der Waals surface area (Å²) in [6.45, 7) is 2.10. The number of halogens is 6. The molecule has 3 aromatic rings. The number of urea groups is 1. The summed E-state index contributed by atoms with van der Waals surface area (Å²) in [5.41, 5.74) is -0.344. The van der Waals surface area contributed by atoms with Crippen LogP contribution in [0.3, 0.4) is 0 Å². The van der Waals surface area contributed by atoms with E-state index in [1.165, 1.54) is 0 Å². The first-order valence-electron chi connectivity index (χ1n) is 12.9. The standard InChI is InChI=1S/C28H28F6N4O/c29-27(30,31)20-11-18(12-21(14-20)28(32,33)34)5-6-25-24(13-19-15-36-23-4-2-1-3-22(19)23)37-26(39)38(25)16-17-7-9-35-10-8-17/h1-4,11-12,14-15,17,25,35-36H,5-10,13,16H2. The number of carbonyl (C=O) groups excluding carboxylic acids is 1. The quantitative estimate of drug-likeness (QED) is 0.325. The zero-order valence-electron chi connectivity index (χ0n) is 21.0. The fourth-order valence-corrected chi connectivity index (χ4v) is 5.54. The molecule has 0 radical (unpaired) electrons. The number of piperidine rings is 1. The van der Waals surface area contributed by atoms with Crippen molar-refractivity contribution < 1.29 is 31.1 Å². The van der Waals surface area contributed by atoms with Gasteiger partial charge in [0.15, 0.2) is 0 Å². The number of H-pyrrole nitrogens is 1. The lowest BCUT2D eigenvalue weighted by molar-refractivity contribution is -0.143. The van der Waals surface area contributed by atoms with E-state index in [2.05, 4.69) is 15.3 Å². The topological polar surface area (TPSA) is 60.5 Å². The minimum Gasteiger partial charge on any atom is -0.361 e. The molecule has 1 atom stereocenters. The van der Waals surface area contributed by atoms with Gasteiger partial charge < -0.3 is 15.2 Å². The van der Waals surface area contributed by atoms with E-state index >= 15 is 0 Å². The Kier molecular flexibility index (Phi) is 7.45. The number of hydrogen-bond donors (Lipinski definition) is 2. The predicted octanol–water partition coefficient (Wildman–Crippen LogP) is 6.63. The Labute approximate surface area is 221 Å². The van der Waals surface area contributed by atoms with Gasteiger partial charge in [0, 0.05) is 30.1 Å². The lowest BCUT2D eigenvalue weighted by Crippen LogP contribution is -2.43. The summed E-state index contributed by atoms with van der Waals surface area (Å²) >= 11 is 0. The van der Waals surface area contributed by atoms with Crippen LogP contribution in [0.25, 0.3) is 10.9 Å². The number of nitrogens with one attached hydrogen (secondary N) is 2. The highest BCUT2D eigenvalue weighted by molar-refractivity contribution is 6.06. The summed E-state index contributed by atoms with van der Waals surface area (Å²) in [5, 5.41) is 4.25. The Morgan fingerprint density at radius 1 is 0.949 bits per heavy atom. The van der Waals surface area contributed by atoms with E-state index in [4.69, 9.17) is 0 Å². The largest absolute Gasteiger partial charge is 0.416 e. The van der Waals surface area contributed by atoms with E-state index in [9.17, 15) is 31.1 Å². The number of amides is 2. The molecule has 1 aromatic heterocycles. The third kappa shape index (κ3) is 6.13. The molecular formula is C28H28F6N4O. The van der Waals surface area contributed by atoms with E-state index in [0.29, 0.717) is 18.7 Å². The lowest BCUT2D eigenvalue weighted by Gasteiger charge is -2.31. The van der Waals surface area contributed by atoms with Crippen molar-refractivity contribution >= 4 is 22.6 Å². The Bertz CT molecular complexity index is 1340. The van der Waals surface area contributed by atoms with Gasteiger partial charge in [0.1, 0.15) is 0 Å². The minimum atomic E-state index is -4.91. The number of aromatic amines is 1. The van der Waals surface area contributed by atoms with Gasteiger partial charge in [-0.2, -0.15) is 26.3 Å². The third-order valence-electron chi connectivity index (χ3n) is 7.56. The van der Waals surface area contributed by atoms with Gasteiger partial charge in [0.25, 0.3) is 0 Å². The zero-order chi connectivity index (χ0) is 27.8. The molecule has 0 saturated carbocycles. The molecule has 5 nitrogen and oxygen atoms in total. The number of hydrogen-bond acceptors (Lipinski definition) is 2. The molecule has 3 heterocycles. The molecule has 39 heavy (non-hydrogen) atoms. The SMILES string of the molecule is O=C1N=C(Cc2c[nH]c3ccccc23)C(CCc2cc(C(F)(F)F)cc(C(F)(F)F)c2)N1CC1CCNCC1. The van der Waals surface area contributed by atoms with Crippen LogP contribution in [-0.4, -0.2) is 47.3 Å². The molecule has 2 N–H and O–H groups in total. The van der Waals surface area contributed by atoms with Crippen molar-refractivity contribution in [2.24, 2.45) is 10.9 Å². The third-order valence-corrected chi connectivity index (χ3v) is 7.56. The second-order valence-corrected chi connectivity index (χ2v) is 10.2. The van der Waals surface area contributed by atoms with Crippen molar-refractivity contribution in [1.29, 1.82) is 0 Å². The van der Waals surface area contributed by atoms with E-state index in [0.717, 1.165) is 54.5 Å². The number of benzene rings is 2. The number of nitrogens with zero attached hydrogens (tertiary/aromatic N) is 2.